The van der Waals surface area contributed by atoms with Gasteiger partial charge in [0.15, 0.2) is 17.5 Å². The van der Waals surface area contributed by atoms with Crippen LogP contribution < -0.4 is 48.2 Å². The Morgan fingerprint density at radius 1 is 0.436 bits per heavy atom. The summed E-state index contributed by atoms with van der Waals surface area (Å²) in [5.74, 6) is 2.34. The van der Waals surface area contributed by atoms with Crippen LogP contribution in [-0.4, -0.2) is 160 Å². The van der Waals surface area contributed by atoms with Gasteiger partial charge in [-0.3, -0.25) is 24.2 Å². The Kier molecular flexibility index (Phi) is 16.6. The highest BCUT2D eigenvalue weighted by Crippen LogP contribution is 2.37. The van der Waals surface area contributed by atoms with Crippen LogP contribution in [0.25, 0.3) is 78.0 Å². The average Bonchev–Trinajstić information content (AvgIpc) is 0.820. The van der Waals surface area contributed by atoms with Crippen molar-refractivity contribution in [3.63, 3.8) is 0 Å². The molecule has 9 heterocycles. The van der Waals surface area contributed by atoms with Gasteiger partial charge in [-0.1, -0.05) is 91.9 Å². The number of hydrogen-bond acceptors (Lipinski definition) is 21. The first-order valence-corrected chi connectivity index (χ1v) is 31.7. The molecule has 24 heteroatoms. The molecule has 470 valence electrons. The lowest BCUT2D eigenvalue weighted by Crippen LogP contribution is -2.47. The summed E-state index contributed by atoms with van der Waals surface area (Å²) >= 11 is 0. The number of nitrogens with zero attached hydrogens (tertiary/aromatic N) is 13. The zero-order chi connectivity index (χ0) is 63.5. The molecule has 0 spiro atoms. The van der Waals surface area contributed by atoms with Gasteiger partial charge in [0.1, 0.15) is 50.2 Å². The number of aromatic nitrogens is 12. The Hall–Kier alpha value is -11.0. The fourth-order valence-corrected chi connectivity index (χ4v) is 12.9. The van der Waals surface area contributed by atoms with Crippen molar-refractivity contribution < 1.29 is 0 Å². The molecule has 0 amide bonds. The van der Waals surface area contributed by atoms with E-state index in [1.54, 1.807) is 12.4 Å². The second-order valence-electron chi connectivity index (χ2n) is 23.7. The third kappa shape index (κ3) is 12.4. The lowest BCUT2D eigenvalue weighted by molar-refractivity contribution is 0.113. The van der Waals surface area contributed by atoms with Crippen molar-refractivity contribution in [3.8, 4) is 45.3 Å². The van der Waals surface area contributed by atoms with Gasteiger partial charge in [-0.15, -0.1) is 0 Å². The third-order valence-corrected chi connectivity index (χ3v) is 17.8. The van der Waals surface area contributed by atoms with Crippen LogP contribution in [0.1, 0.15) is 29.7 Å². The first-order chi connectivity index (χ1) is 46.2. The van der Waals surface area contributed by atoms with Crippen molar-refractivity contribution in [1.82, 2.24) is 85.8 Å². The Labute approximate surface area is 539 Å². The van der Waals surface area contributed by atoms with Crippen LogP contribution in [0, 0.1) is 0 Å². The van der Waals surface area contributed by atoms with E-state index < -0.39 is 16.7 Å². The SMILES string of the molecule is CCN1CCN(C(c2ccc(Nc3nc(-c4ccccc4)nc4cn[nH]c(=O)c34)cc2)c2cccc(-c3nc(Nc4ccc(CN5CCNCC5)c(-c5cccc(-c6nc(Nc7ccc(N8CCNCC8)cc7)c7c(=O)[nH]ncc7n6)c5)c4)c4c(=O)[nH]ncc4n3)c2)CC1. The predicted octanol–water partition coefficient (Wildman–Crippen LogP) is 8.21. The third-order valence-electron chi connectivity index (χ3n) is 17.8. The molecule has 24 nitrogen and oxygen atoms in total. The minimum Gasteiger partial charge on any atom is -0.369 e. The quantitative estimate of drug-likeness (QED) is 0.0426. The highest BCUT2D eigenvalue weighted by molar-refractivity contribution is 5.94. The van der Waals surface area contributed by atoms with Gasteiger partial charge in [-0.25, -0.2) is 45.2 Å². The van der Waals surface area contributed by atoms with Crippen molar-refractivity contribution in [1.29, 1.82) is 0 Å². The molecule has 0 bridgehead atoms. The van der Waals surface area contributed by atoms with E-state index in [2.05, 4.69) is 144 Å². The molecular formula is C70H67N21O3. The fourth-order valence-electron chi connectivity index (χ4n) is 12.9. The summed E-state index contributed by atoms with van der Waals surface area (Å²) in [6, 6.07) is 48.6. The lowest BCUT2D eigenvalue weighted by atomic mass is 9.94. The van der Waals surface area contributed by atoms with Gasteiger partial charge in [0.05, 0.1) is 24.6 Å². The number of hydrogen-bond donors (Lipinski definition) is 8. The van der Waals surface area contributed by atoms with Gasteiger partial charge < -0.3 is 36.4 Å². The predicted molar refractivity (Wildman–Crippen MR) is 367 cm³/mol. The number of H-pyrrole nitrogens is 3. The van der Waals surface area contributed by atoms with E-state index in [9.17, 15) is 14.4 Å². The molecule has 8 N–H and O–H groups in total. The molecule has 94 heavy (non-hydrogen) atoms. The summed E-state index contributed by atoms with van der Waals surface area (Å²) in [5, 5.41) is 38.3. The van der Waals surface area contributed by atoms with Crippen LogP contribution in [0.5, 0.6) is 0 Å². The highest BCUT2D eigenvalue weighted by Gasteiger charge is 2.28. The minimum atomic E-state index is -0.435. The molecule has 3 aliphatic rings. The molecule has 0 saturated carbocycles. The van der Waals surface area contributed by atoms with Gasteiger partial charge in [-0.2, -0.15) is 15.3 Å². The molecule has 1 atom stereocenters. The number of rotatable bonds is 17. The second-order valence-corrected chi connectivity index (χ2v) is 23.7. The van der Waals surface area contributed by atoms with E-state index in [-0.39, 0.29) is 11.4 Å². The van der Waals surface area contributed by atoms with Crippen molar-refractivity contribution in [2.45, 2.75) is 19.5 Å². The van der Waals surface area contributed by atoms with Crippen LogP contribution >= 0.6 is 0 Å². The summed E-state index contributed by atoms with van der Waals surface area (Å²) in [4.78, 5) is 80.1. The largest absolute Gasteiger partial charge is 0.369 e. The first kappa shape index (κ1) is 59.3. The Balaban J connectivity index is 0.761. The number of benzene rings is 6. The minimum absolute atomic E-state index is 0.163. The zero-order valence-electron chi connectivity index (χ0n) is 51.6. The van der Waals surface area contributed by atoms with Crippen molar-refractivity contribution in [2.24, 2.45) is 0 Å². The summed E-state index contributed by atoms with van der Waals surface area (Å²) in [7, 11) is 0. The Bertz CT molecular complexity index is 4930. The molecule has 3 aliphatic heterocycles. The summed E-state index contributed by atoms with van der Waals surface area (Å²) in [5.41, 5.74) is 10.7. The monoisotopic (exact) mass is 1250 g/mol. The summed E-state index contributed by atoms with van der Waals surface area (Å²) in [6.07, 6.45) is 4.64. The number of piperazine rings is 3. The maximum absolute atomic E-state index is 13.9. The lowest BCUT2D eigenvalue weighted by Gasteiger charge is -2.39. The second kappa shape index (κ2) is 26.3. The van der Waals surface area contributed by atoms with E-state index in [0.29, 0.717) is 74.5 Å². The number of nitrogens with one attached hydrogen (secondary N) is 8. The smallest absolute Gasteiger partial charge is 0.277 e. The maximum atomic E-state index is 13.9. The standard InChI is InChI=1S/C70H67N21O3/c1-2-88-32-34-91(35-33-88)61(43-14-17-50(18-15-43)76-65-58-55(39-73-85-68(58)92)79-62(82-65)44-8-4-3-5-9-44)46-11-7-13-48(37-46)64-81-57-41-75-87-70(94)60(57)67(84-64)78-52-19-16-49(42-89-28-24-71-25-29-89)54(38-52)45-10-6-12-47(36-45)63-80-56-40-74-86-69(93)59(56)66(83-63)77-51-20-22-53(23-21-51)90-30-26-72-27-31-90/h3-23,36-41,61,71-72H,2,24-35,42H2,1H3,(H,85,92)(H,86,93)(H,87,94)(H,76,79,82)(H,77,80,83)(H,78,81,84). The molecule has 3 saturated heterocycles. The van der Waals surface area contributed by atoms with E-state index in [1.807, 2.05) is 84.9 Å². The van der Waals surface area contributed by atoms with Gasteiger partial charge in [0.2, 0.25) is 0 Å². The molecule has 15 rings (SSSR count). The summed E-state index contributed by atoms with van der Waals surface area (Å²) < 4.78 is 0. The fraction of sp³-hybridized carbons (Fsp3) is 0.229. The highest BCUT2D eigenvalue weighted by atomic mass is 16.1. The number of likely N-dealkylation sites (N-methyl/N-ethyl adjacent to an activating group) is 1. The van der Waals surface area contributed by atoms with Gasteiger partial charge >= 0.3 is 0 Å². The van der Waals surface area contributed by atoms with Gasteiger partial charge in [-0.05, 0) is 95.0 Å². The molecule has 6 aromatic heterocycles. The molecule has 3 fully saturated rings. The van der Waals surface area contributed by atoms with Crippen LogP contribution in [-0.2, 0) is 6.54 Å². The molecule has 1 unspecified atom stereocenters. The van der Waals surface area contributed by atoms with E-state index >= 15 is 0 Å². The molecule has 12 aromatic rings. The van der Waals surface area contributed by atoms with E-state index in [1.165, 1.54) is 6.20 Å². The first-order valence-electron chi connectivity index (χ1n) is 31.7. The van der Waals surface area contributed by atoms with Gasteiger partial charge in [0, 0.05) is 125 Å². The topological polar surface area (TPSA) is 288 Å². The number of anilines is 7. The normalized spacial score (nSPS) is 15.4. The molecule has 6 aromatic carbocycles. The van der Waals surface area contributed by atoms with Crippen LogP contribution in [0.15, 0.2) is 179 Å². The Morgan fingerprint density at radius 3 is 1.50 bits per heavy atom. The average molecular weight is 1250 g/mol. The van der Waals surface area contributed by atoms with Crippen molar-refractivity contribution >= 4 is 72.9 Å². The van der Waals surface area contributed by atoms with Crippen LogP contribution in [0.4, 0.5) is 40.2 Å². The zero-order valence-corrected chi connectivity index (χ0v) is 51.6. The maximum Gasteiger partial charge on any atom is 0.277 e. The molecule has 0 aliphatic carbocycles. The van der Waals surface area contributed by atoms with Gasteiger partial charge in [0.25, 0.3) is 16.7 Å². The molecular weight excluding hydrogens is 1180 g/mol. The molecule has 0 radical (unpaired) electrons. The van der Waals surface area contributed by atoms with Crippen molar-refractivity contribution in [3.05, 3.63) is 212 Å². The number of aromatic amines is 3. The van der Waals surface area contributed by atoms with Crippen LogP contribution in [0.3, 0.4) is 0 Å². The Morgan fingerprint density at radius 2 is 0.926 bits per heavy atom. The van der Waals surface area contributed by atoms with Crippen molar-refractivity contribution in [2.75, 3.05) is 106 Å². The van der Waals surface area contributed by atoms with E-state index in [0.717, 1.165) is 147 Å². The van der Waals surface area contributed by atoms with E-state index in [4.69, 9.17) is 29.9 Å². The number of fused-ring (bicyclic) bond motifs is 3. The summed E-state index contributed by atoms with van der Waals surface area (Å²) in [6.45, 7) is 14.6. The van der Waals surface area contributed by atoms with Crippen LogP contribution in [0.2, 0.25) is 0 Å².